The van der Waals surface area contributed by atoms with E-state index in [9.17, 15) is 0 Å². The maximum Gasteiger partial charge on any atom is 0.118 e. The van der Waals surface area contributed by atoms with E-state index in [0.29, 0.717) is 0 Å². The number of thioether (sulfide) groups is 1. The molecule has 2 nitrogen and oxygen atoms in total. The van der Waals surface area contributed by atoms with Crippen molar-refractivity contribution in [3.63, 3.8) is 0 Å². The van der Waals surface area contributed by atoms with Gasteiger partial charge in [0.1, 0.15) is 11.5 Å². The zero-order valence-electron chi connectivity index (χ0n) is 12.2. The summed E-state index contributed by atoms with van der Waals surface area (Å²) in [5, 5.41) is 3.43. The lowest BCUT2D eigenvalue weighted by Crippen LogP contribution is -2.34. The van der Waals surface area contributed by atoms with E-state index in [1.807, 2.05) is 11.8 Å². The first kappa shape index (κ1) is 15.6. The molecule has 1 rings (SSSR count). The average molecular weight is 269 g/mol. The third-order valence-corrected chi connectivity index (χ3v) is 3.71. The van der Waals surface area contributed by atoms with Gasteiger partial charge in [-0.05, 0) is 45.1 Å². The lowest BCUT2D eigenvalue weighted by Gasteiger charge is -2.19. The molecule has 0 aliphatic rings. The molecule has 0 radical (unpaired) electrons. The minimum Gasteiger partial charge on any atom is -0.464 e. The fourth-order valence-corrected chi connectivity index (χ4v) is 2.48. The van der Waals surface area contributed by atoms with Crippen LogP contribution in [0.5, 0.6) is 0 Å². The summed E-state index contributed by atoms with van der Waals surface area (Å²) in [6.07, 6.45) is 3.95. The van der Waals surface area contributed by atoms with E-state index in [4.69, 9.17) is 4.42 Å². The first-order valence-corrected chi connectivity index (χ1v) is 8.07. The summed E-state index contributed by atoms with van der Waals surface area (Å²) in [5.41, 5.74) is 0.141. The second kappa shape index (κ2) is 7.90. The summed E-state index contributed by atoms with van der Waals surface area (Å²) < 4.78 is 5.80. The molecule has 0 spiro atoms. The molecule has 0 fully saturated rings. The van der Waals surface area contributed by atoms with Crippen LogP contribution in [0, 0.1) is 0 Å². The number of furan rings is 1. The fourth-order valence-electron chi connectivity index (χ4n) is 1.57. The van der Waals surface area contributed by atoms with Crippen LogP contribution in [0.3, 0.4) is 0 Å². The molecule has 0 saturated heterocycles. The molecule has 0 amide bonds. The molecule has 3 heteroatoms. The first-order chi connectivity index (χ1) is 8.51. The second-order valence-electron chi connectivity index (χ2n) is 5.73. The maximum absolute atomic E-state index is 5.80. The Morgan fingerprint density at radius 2 is 1.89 bits per heavy atom. The number of hydrogen-bond donors (Lipinski definition) is 1. The van der Waals surface area contributed by atoms with Crippen molar-refractivity contribution >= 4 is 11.8 Å². The Morgan fingerprint density at radius 3 is 2.56 bits per heavy atom. The average Bonchev–Trinajstić information content (AvgIpc) is 2.73. The van der Waals surface area contributed by atoms with Gasteiger partial charge in [0.05, 0.1) is 12.3 Å². The summed E-state index contributed by atoms with van der Waals surface area (Å²) in [4.78, 5) is 0. The van der Waals surface area contributed by atoms with Gasteiger partial charge in [0.25, 0.3) is 0 Å². The predicted octanol–water partition coefficient (Wildman–Crippen LogP) is 4.59. The van der Waals surface area contributed by atoms with E-state index in [1.165, 1.54) is 25.0 Å². The summed E-state index contributed by atoms with van der Waals surface area (Å²) in [7, 11) is 0. The zero-order valence-corrected chi connectivity index (χ0v) is 13.0. The van der Waals surface area contributed by atoms with Gasteiger partial charge in [0.2, 0.25) is 0 Å². The molecule has 1 aromatic rings. The lowest BCUT2D eigenvalue weighted by molar-refractivity contribution is 0.382. The van der Waals surface area contributed by atoms with Gasteiger partial charge in [-0.15, -0.1) is 0 Å². The molecule has 1 heterocycles. The van der Waals surface area contributed by atoms with E-state index < -0.39 is 0 Å². The van der Waals surface area contributed by atoms with Crippen LogP contribution in [0.1, 0.15) is 58.5 Å². The number of unbranched alkanes of at least 4 members (excludes halogenated alkanes) is 2. The van der Waals surface area contributed by atoms with Gasteiger partial charge < -0.3 is 9.73 Å². The Labute approximate surface area is 116 Å². The molecule has 0 saturated carbocycles. The molecule has 0 atom stereocenters. The van der Waals surface area contributed by atoms with Crippen molar-refractivity contribution in [2.24, 2.45) is 0 Å². The molecule has 0 bridgehead atoms. The SMILES string of the molecule is CCCCCSCc1ccc(CNC(C)(C)C)o1. The molecule has 18 heavy (non-hydrogen) atoms. The van der Waals surface area contributed by atoms with Gasteiger partial charge in [0, 0.05) is 5.54 Å². The van der Waals surface area contributed by atoms with Crippen molar-refractivity contribution in [3.8, 4) is 0 Å². The maximum atomic E-state index is 5.80. The fraction of sp³-hybridized carbons (Fsp3) is 0.733. The minimum absolute atomic E-state index is 0.141. The number of rotatable bonds is 8. The van der Waals surface area contributed by atoms with E-state index in [2.05, 4.69) is 45.1 Å². The highest BCUT2D eigenvalue weighted by Crippen LogP contribution is 2.17. The van der Waals surface area contributed by atoms with Gasteiger partial charge in [-0.2, -0.15) is 11.8 Å². The zero-order chi connectivity index (χ0) is 13.4. The van der Waals surface area contributed by atoms with Crippen molar-refractivity contribution in [2.45, 2.75) is 64.8 Å². The van der Waals surface area contributed by atoms with Crippen LogP contribution in [0.2, 0.25) is 0 Å². The van der Waals surface area contributed by atoms with Crippen LogP contribution in [0.15, 0.2) is 16.5 Å². The quantitative estimate of drug-likeness (QED) is 0.699. The Kier molecular flexibility index (Phi) is 6.87. The van der Waals surface area contributed by atoms with E-state index in [0.717, 1.165) is 23.8 Å². The molecule has 0 aliphatic heterocycles. The highest BCUT2D eigenvalue weighted by Gasteiger charge is 2.10. The van der Waals surface area contributed by atoms with Crippen LogP contribution in [-0.4, -0.2) is 11.3 Å². The predicted molar refractivity (Wildman–Crippen MR) is 81.0 cm³/mol. The first-order valence-electron chi connectivity index (χ1n) is 6.91. The van der Waals surface area contributed by atoms with Crippen LogP contribution in [0.25, 0.3) is 0 Å². The van der Waals surface area contributed by atoms with E-state index >= 15 is 0 Å². The number of nitrogens with one attached hydrogen (secondary N) is 1. The normalized spacial score (nSPS) is 12.0. The van der Waals surface area contributed by atoms with Crippen LogP contribution < -0.4 is 5.32 Å². The van der Waals surface area contributed by atoms with Gasteiger partial charge in [-0.1, -0.05) is 19.8 Å². The van der Waals surface area contributed by atoms with Crippen LogP contribution >= 0.6 is 11.8 Å². The molecule has 0 aromatic carbocycles. The summed E-state index contributed by atoms with van der Waals surface area (Å²) in [6.45, 7) is 9.55. The van der Waals surface area contributed by atoms with Crippen LogP contribution in [-0.2, 0) is 12.3 Å². The molecular formula is C15H27NOS. The van der Waals surface area contributed by atoms with Crippen molar-refractivity contribution in [1.82, 2.24) is 5.32 Å². The van der Waals surface area contributed by atoms with E-state index in [-0.39, 0.29) is 5.54 Å². The Hall–Kier alpha value is -0.410. The van der Waals surface area contributed by atoms with Gasteiger partial charge in [-0.25, -0.2) is 0 Å². The van der Waals surface area contributed by atoms with E-state index in [1.54, 1.807) is 0 Å². The van der Waals surface area contributed by atoms with Gasteiger partial charge in [0.15, 0.2) is 0 Å². The topological polar surface area (TPSA) is 25.2 Å². The molecule has 0 unspecified atom stereocenters. The summed E-state index contributed by atoms with van der Waals surface area (Å²) >= 11 is 1.97. The molecule has 104 valence electrons. The minimum atomic E-state index is 0.141. The van der Waals surface area contributed by atoms with Crippen LogP contribution in [0.4, 0.5) is 0 Å². The van der Waals surface area contributed by atoms with Gasteiger partial charge in [-0.3, -0.25) is 0 Å². The van der Waals surface area contributed by atoms with Gasteiger partial charge >= 0.3 is 0 Å². The molecular weight excluding hydrogens is 242 g/mol. The second-order valence-corrected chi connectivity index (χ2v) is 6.84. The van der Waals surface area contributed by atoms with Crippen molar-refractivity contribution in [1.29, 1.82) is 0 Å². The smallest absolute Gasteiger partial charge is 0.118 e. The Balaban J connectivity index is 2.22. The highest BCUT2D eigenvalue weighted by molar-refractivity contribution is 7.98. The standard InChI is InChI=1S/C15H27NOS/c1-5-6-7-10-18-12-14-9-8-13(17-14)11-16-15(2,3)4/h8-9,16H,5-7,10-12H2,1-4H3. The Bertz CT molecular complexity index is 327. The third kappa shape index (κ3) is 7.12. The largest absolute Gasteiger partial charge is 0.464 e. The molecule has 1 N–H and O–H groups in total. The molecule has 1 aromatic heterocycles. The lowest BCUT2D eigenvalue weighted by atomic mass is 10.1. The Morgan fingerprint density at radius 1 is 1.17 bits per heavy atom. The van der Waals surface area contributed by atoms with Crippen molar-refractivity contribution < 1.29 is 4.42 Å². The highest BCUT2D eigenvalue weighted by atomic mass is 32.2. The summed E-state index contributed by atoms with van der Waals surface area (Å²) in [5.74, 6) is 4.37. The molecule has 0 aliphatic carbocycles. The third-order valence-electron chi connectivity index (χ3n) is 2.65. The summed E-state index contributed by atoms with van der Waals surface area (Å²) in [6, 6.07) is 4.19. The van der Waals surface area contributed by atoms with Crippen molar-refractivity contribution in [2.75, 3.05) is 5.75 Å². The van der Waals surface area contributed by atoms with Crippen molar-refractivity contribution in [3.05, 3.63) is 23.7 Å². The number of hydrogen-bond acceptors (Lipinski definition) is 3. The monoisotopic (exact) mass is 269 g/mol.